The molecule has 1 heterocycles. The van der Waals surface area contributed by atoms with Gasteiger partial charge < -0.3 is 19.5 Å². The van der Waals surface area contributed by atoms with Crippen molar-refractivity contribution in [1.82, 2.24) is 9.38 Å². The highest BCUT2D eigenvalue weighted by atomic mass is 19.4. The van der Waals surface area contributed by atoms with Crippen molar-refractivity contribution >= 4 is 29.7 Å². The number of ether oxygens (including phenoxy) is 2. The third kappa shape index (κ3) is 6.38. The number of nitrogens with zero attached hydrogens (tertiary/aromatic N) is 3. The van der Waals surface area contributed by atoms with Crippen LogP contribution < -0.4 is 9.22 Å². The average Bonchev–Trinajstić information content (AvgIpc) is 3.26. The zero-order valence-corrected chi connectivity index (χ0v) is 21.2. The molecule has 12 heteroatoms. The summed E-state index contributed by atoms with van der Waals surface area (Å²) in [5.41, 5.74) is -1.38. The maximum absolute atomic E-state index is 12.7. The first-order valence-corrected chi connectivity index (χ1v) is 11.4. The summed E-state index contributed by atoms with van der Waals surface area (Å²) in [5.74, 6) is -0.571. The molecule has 0 radical (unpaired) electrons. The van der Waals surface area contributed by atoms with E-state index in [2.05, 4.69) is 4.99 Å². The lowest BCUT2D eigenvalue weighted by atomic mass is 10.1. The summed E-state index contributed by atoms with van der Waals surface area (Å²) < 4.78 is 48.0. The molecule has 9 nitrogen and oxygen atoms in total. The number of hydrogen-bond donors (Lipinski definition) is 1. The largest absolute Gasteiger partial charge is 0.529 e. The number of aliphatic imine (C=N–C) groups is 1. The number of amides is 2. The van der Waals surface area contributed by atoms with E-state index in [0.717, 1.165) is 24.3 Å². The molecule has 1 unspecified atom stereocenters. The van der Waals surface area contributed by atoms with E-state index in [1.807, 2.05) is 0 Å². The van der Waals surface area contributed by atoms with Gasteiger partial charge in [0.15, 0.2) is 5.69 Å². The normalized spacial score (nSPS) is 17.1. The van der Waals surface area contributed by atoms with Crippen molar-refractivity contribution in [3.8, 4) is 5.75 Å². The number of halogens is 3. The Morgan fingerprint density at radius 3 is 2.13 bits per heavy atom. The Labute approximate surface area is 217 Å². The van der Waals surface area contributed by atoms with Crippen LogP contribution in [0.15, 0.2) is 65.9 Å². The minimum absolute atomic E-state index is 0.0634. The Balaban J connectivity index is 1.73. The van der Waals surface area contributed by atoms with Gasteiger partial charge in [0.1, 0.15) is 17.6 Å². The lowest BCUT2D eigenvalue weighted by Crippen LogP contribution is -2.52. The minimum Gasteiger partial charge on any atom is -0.444 e. The number of quaternary nitrogens is 1. The maximum Gasteiger partial charge on any atom is 0.529 e. The lowest BCUT2D eigenvalue weighted by molar-refractivity contribution is -0.137. The van der Waals surface area contributed by atoms with Crippen LogP contribution in [0.5, 0.6) is 5.75 Å². The van der Waals surface area contributed by atoms with Crippen molar-refractivity contribution in [2.75, 3.05) is 13.6 Å². The Morgan fingerprint density at radius 1 is 1.00 bits per heavy atom. The summed E-state index contributed by atoms with van der Waals surface area (Å²) in [6.07, 6.45) is -3.48. The predicted molar refractivity (Wildman–Crippen MR) is 133 cm³/mol. The summed E-state index contributed by atoms with van der Waals surface area (Å²) >= 11 is 0. The predicted octanol–water partition coefficient (Wildman–Crippen LogP) is 6.05. The highest BCUT2D eigenvalue weighted by Gasteiger charge is 2.46. The molecule has 0 fully saturated rings. The van der Waals surface area contributed by atoms with Crippen LogP contribution in [0.3, 0.4) is 0 Å². The van der Waals surface area contributed by atoms with Gasteiger partial charge in [0.2, 0.25) is 5.84 Å². The van der Waals surface area contributed by atoms with Crippen molar-refractivity contribution in [1.29, 1.82) is 0 Å². The van der Waals surface area contributed by atoms with Gasteiger partial charge in [0, 0.05) is 25.7 Å². The second kappa shape index (κ2) is 10.7. The fraction of sp³-hybridized carbons (Fsp3) is 0.308. The van der Waals surface area contributed by atoms with Crippen LogP contribution in [-0.4, -0.2) is 53.2 Å². The number of amidine groups is 1. The van der Waals surface area contributed by atoms with Gasteiger partial charge in [-0.2, -0.15) is 18.0 Å². The zero-order valence-electron chi connectivity index (χ0n) is 21.2. The van der Waals surface area contributed by atoms with Gasteiger partial charge in [-0.25, -0.2) is 14.6 Å². The van der Waals surface area contributed by atoms with Crippen LogP contribution >= 0.6 is 0 Å². The van der Waals surface area contributed by atoms with Crippen molar-refractivity contribution in [3.63, 3.8) is 0 Å². The van der Waals surface area contributed by atoms with E-state index in [1.165, 1.54) is 48.6 Å². The number of carbonyl (C=O) groups is 3. The van der Waals surface area contributed by atoms with Gasteiger partial charge in [-0.15, -0.1) is 4.48 Å². The van der Waals surface area contributed by atoms with Crippen LogP contribution in [0.4, 0.5) is 28.4 Å². The molecule has 0 aliphatic carbocycles. The molecule has 2 aromatic rings. The van der Waals surface area contributed by atoms with E-state index < -0.39 is 40.0 Å². The third-order valence-corrected chi connectivity index (χ3v) is 5.50. The van der Waals surface area contributed by atoms with E-state index in [9.17, 15) is 32.7 Å². The second-order valence-corrected chi connectivity index (χ2v) is 9.46. The third-order valence-electron chi connectivity index (χ3n) is 5.50. The molecule has 202 valence electrons. The van der Waals surface area contributed by atoms with E-state index in [0.29, 0.717) is 0 Å². The molecular formula is C26H27F3N3O6+. The molecule has 3 rings (SSSR count). The molecule has 0 aromatic heterocycles. The molecule has 1 aliphatic rings. The maximum atomic E-state index is 12.7. The number of esters is 1. The van der Waals surface area contributed by atoms with Crippen molar-refractivity contribution < 1.29 is 42.1 Å². The highest BCUT2D eigenvalue weighted by molar-refractivity contribution is 6.11. The number of hydrogen-bond acceptors (Lipinski definition) is 6. The molecule has 0 bridgehead atoms. The topological polar surface area (TPSA) is 106 Å². The van der Waals surface area contributed by atoms with Gasteiger partial charge >= 0.3 is 24.3 Å². The summed E-state index contributed by atoms with van der Waals surface area (Å²) in [5, 5.41) is 10.1. The first kappa shape index (κ1) is 28.4. The van der Waals surface area contributed by atoms with Gasteiger partial charge in [0.05, 0.1) is 23.7 Å². The molecule has 2 amide bonds. The van der Waals surface area contributed by atoms with Gasteiger partial charge in [-0.1, -0.05) is 0 Å². The summed E-state index contributed by atoms with van der Waals surface area (Å²) in [7, 11) is 1.53. The van der Waals surface area contributed by atoms with Crippen molar-refractivity contribution in [3.05, 3.63) is 72.1 Å². The Morgan fingerprint density at radius 2 is 1.61 bits per heavy atom. The molecule has 0 spiro atoms. The monoisotopic (exact) mass is 534 g/mol. The van der Waals surface area contributed by atoms with Crippen LogP contribution in [0.25, 0.3) is 0 Å². The SMILES string of the molecule is CN(CCC1=NC=C[N+]1(C(=O)O)c1ccc(OC(=O)c2ccc(C(F)(F)F)cc2)cc1)C(=O)OC(C)(C)C. The molecule has 1 atom stereocenters. The van der Waals surface area contributed by atoms with E-state index in [-0.39, 0.29) is 35.8 Å². The smallest absolute Gasteiger partial charge is 0.444 e. The molecule has 38 heavy (non-hydrogen) atoms. The van der Waals surface area contributed by atoms with Crippen LogP contribution in [0, 0.1) is 0 Å². The van der Waals surface area contributed by atoms with Crippen LogP contribution in [-0.2, 0) is 10.9 Å². The van der Waals surface area contributed by atoms with Crippen molar-refractivity contribution in [2.24, 2.45) is 4.99 Å². The molecule has 1 N–H and O–H groups in total. The fourth-order valence-corrected chi connectivity index (χ4v) is 3.57. The standard InChI is InChI=1S/C26H26F3N3O6/c1-25(2,3)38-23(34)31(4)15-13-21-30-14-16-32(21,24(35)36)19-9-11-20(12-10-19)37-22(33)17-5-7-18(8-6-17)26(27,28)29/h5-12,14,16H,13,15H2,1-4H3/p+1. The van der Waals surface area contributed by atoms with Crippen LogP contribution in [0.2, 0.25) is 0 Å². The Bertz CT molecular complexity index is 1270. The summed E-state index contributed by atoms with van der Waals surface area (Å²) in [4.78, 5) is 42.6. The number of carbonyl (C=O) groups excluding carboxylic acids is 2. The second-order valence-electron chi connectivity index (χ2n) is 9.46. The van der Waals surface area contributed by atoms with Gasteiger partial charge in [0.25, 0.3) is 0 Å². The first-order chi connectivity index (χ1) is 17.6. The Hall–Kier alpha value is -4.19. The highest BCUT2D eigenvalue weighted by Crippen LogP contribution is 2.32. The minimum atomic E-state index is -4.53. The average molecular weight is 535 g/mol. The zero-order chi connectivity index (χ0) is 28.3. The molecule has 0 saturated heterocycles. The van der Waals surface area contributed by atoms with Gasteiger partial charge in [-0.3, -0.25) is 0 Å². The quantitative estimate of drug-likeness (QED) is 0.275. The Kier molecular flexibility index (Phi) is 7.96. The lowest BCUT2D eigenvalue weighted by Gasteiger charge is -2.28. The molecule has 0 saturated carbocycles. The summed E-state index contributed by atoms with van der Waals surface area (Å²) in [6.45, 7) is 5.35. The van der Waals surface area contributed by atoms with E-state index in [4.69, 9.17) is 9.47 Å². The number of alkyl halides is 3. The van der Waals surface area contributed by atoms with E-state index >= 15 is 0 Å². The fourth-order valence-electron chi connectivity index (χ4n) is 3.57. The van der Waals surface area contributed by atoms with Crippen molar-refractivity contribution in [2.45, 2.75) is 39.0 Å². The van der Waals surface area contributed by atoms with Gasteiger partial charge in [-0.05, 0) is 57.2 Å². The summed E-state index contributed by atoms with van der Waals surface area (Å²) in [6, 6.07) is 9.20. The molecule has 2 aromatic carbocycles. The number of benzene rings is 2. The first-order valence-electron chi connectivity index (χ1n) is 11.4. The van der Waals surface area contributed by atoms with E-state index in [1.54, 1.807) is 20.8 Å². The molecule has 1 aliphatic heterocycles. The van der Waals surface area contributed by atoms with Crippen LogP contribution in [0.1, 0.15) is 43.1 Å². The number of carboxylic acid groups (broad SMARTS) is 1. The number of rotatable bonds is 6. The molecular weight excluding hydrogens is 507 g/mol.